The molecule has 12 heavy (non-hydrogen) atoms. The van der Waals surface area contributed by atoms with Crippen LogP contribution in [-0.4, -0.2) is 5.75 Å². The van der Waals surface area contributed by atoms with Gasteiger partial charge in [0.05, 0.1) is 0 Å². The van der Waals surface area contributed by atoms with Crippen LogP contribution in [0.2, 0.25) is 5.02 Å². The summed E-state index contributed by atoms with van der Waals surface area (Å²) in [6, 6.07) is 5.87. The lowest BCUT2D eigenvalue weighted by Gasteiger charge is -2.04. The summed E-state index contributed by atoms with van der Waals surface area (Å²) < 4.78 is 1.09. The van der Waals surface area contributed by atoms with Crippen LogP contribution in [0.5, 0.6) is 0 Å². The lowest BCUT2D eigenvalue weighted by atomic mass is 10.1. The van der Waals surface area contributed by atoms with Crippen molar-refractivity contribution in [3.05, 3.63) is 33.3 Å². The first-order valence-electron chi connectivity index (χ1n) is 3.79. The largest absolute Gasteiger partial charge is 0.179 e. The highest BCUT2D eigenvalue weighted by atomic mass is 79.9. The molecule has 0 fully saturated rings. The van der Waals surface area contributed by atoms with Crippen molar-refractivity contribution in [1.29, 1.82) is 0 Å². The Balaban J connectivity index is 2.81. The summed E-state index contributed by atoms with van der Waals surface area (Å²) in [5, 5.41) is 0.839. The zero-order chi connectivity index (χ0) is 8.97. The van der Waals surface area contributed by atoms with Crippen molar-refractivity contribution in [2.45, 2.75) is 12.8 Å². The minimum absolute atomic E-state index is 0.839. The maximum Gasteiger partial charge on any atom is 0.0449 e. The molecule has 66 valence electrons. The van der Waals surface area contributed by atoms with Crippen LogP contribution in [0.25, 0.3) is 0 Å². The molecule has 1 rings (SSSR count). The van der Waals surface area contributed by atoms with Crippen LogP contribution in [0.1, 0.15) is 12.0 Å². The van der Waals surface area contributed by atoms with Gasteiger partial charge in [0.1, 0.15) is 0 Å². The number of benzene rings is 1. The van der Waals surface area contributed by atoms with Crippen LogP contribution in [0.4, 0.5) is 0 Å². The van der Waals surface area contributed by atoms with E-state index in [-0.39, 0.29) is 0 Å². The highest BCUT2D eigenvalue weighted by Gasteiger charge is 2.02. The predicted molar refractivity (Wildman–Crippen MR) is 61.3 cm³/mol. The highest BCUT2D eigenvalue weighted by Crippen LogP contribution is 2.25. The third-order valence-electron chi connectivity index (χ3n) is 1.65. The van der Waals surface area contributed by atoms with E-state index in [2.05, 4.69) is 28.6 Å². The van der Waals surface area contributed by atoms with Crippen LogP contribution < -0.4 is 0 Å². The molecule has 3 heteroatoms. The summed E-state index contributed by atoms with van der Waals surface area (Å²) in [5.74, 6) is 0.900. The molecule has 0 N–H and O–H groups in total. The summed E-state index contributed by atoms with van der Waals surface area (Å²) in [4.78, 5) is 0. The van der Waals surface area contributed by atoms with Gasteiger partial charge in [-0.2, -0.15) is 12.6 Å². The molecule has 0 radical (unpaired) electrons. The Hall–Kier alpha value is 0.340. The molecule has 0 spiro atoms. The first-order valence-corrected chi connectivity index (χ1v) is 5.60. The monoisotopic (exact) mass is 264 g/mol. The molecule has 0 saturated heterocycles. The van der Waals surface area contributed by atoms with Gasteiger partial charge >= 0.3 is 0 Å². The van der Waals surface area contributed by atoms with Gasteiger partial charge in [-0.25, -0.2) is 0 Å². The molecular formula is C9H10BrClS. The number of hydrogen-bond acceptors (Lipinski definition) is 1. The third-order valence-corrected chi connectivity index (χ3v) is 3.06. The van der Waals surface area contributed by atoms with Gasteiger partial charge in [0.2, 0.25) is 0 Å². The molecular weight excluding hydrogens is 256 g/mol. The second-order valence-corrected chi connectivity index (χ2v) is 4.24. The van der Waals surface area contributed by atoms with E-state index < -0.39 is 0 Å². The quantitative estimate of drug-likeness (QED) is 0.786. The standard InChI is InChI=1S/C9H10BrClS/c10-8-4-1-5-9(11)7(8)3-2-6-12/h1,4-5,12H,2-3,6H2. The Morgan fingerprint density at radius 1 is 1.42 bits per heavy atom. The van der Waals surface area contributed by atoms with Crippen molar-refractivity contribution in [2.75, 3.05) is 5.75 Å². The summed E-state index contributed by atoms with van der Waals surface area (Å²) in [6.07, 6.45) is 2.05. The van der Waals surface area contributed by atoms with E-state index in [0.717, 1.165) is 28.1 Å². The van der Waals surface area contributed by atoms with Crippen LogP contribution in [0.3, 0.4) is 0 Å². The van der Waals surface area contributed by atoms with Crippen LogP contribution in [0.15, 0.2) is 22.7 Å². The Morgan fingerprint density at radius 2 is 2.17 bits per heavy atom. The molecule has 0 aliphatic carbocycles. The van der Waals surface area contributed by atoms with Crippen LogP contribution >= 0.6 is 40.2 Å². The topological polar surface area (TPSA) is 0 Å². The molecule has 0 aliphatic rings. The smallest absolute Gasteiger partial charge is 0.0449 e. The van der Waals surface area contributed by atoms with Gasteiger partial charge in [-0.1, -0.05) is 33.6 Å². The van der Waals surface area contributed by atoms with Gasteiger partial charge in [-0.15, -0.1) is 0 Å². The van der Waals surface area contributed by atoms with E-state index in [1.54, 1.807) is 0 Å². The van der Waals surface area contributed by atoms with Crippen molar-refractivity contribution in [2.24, 2.45) is 0 Å². The number of halogens is 2. The van der Waals surface area contributed by atoms with Gasteiger partial charge in [0.25, 0.3) is 0 Å². The zero-order valence-electron chi connectivity index (χ0n) is 6.56. The first kappa shape index (κ1) is 10.4. The Labute approximate surface area is 91.9 Å². The minimum atomic E-state index is 0.839. The molecule has 0 nitrogen and oxygen atoms in total. The van der Waals surface area contributed by atoms with E-state index in [1.807, 2.05) is 18.2 Å². The van der Waals surface area contributed by atoms with Crippen molar-refractivity contribution in [3.8, 4) is 0 Å². The fourth-order valence-electron chi connectivity index (χ4n) is 1.03. The lowest BCUT2D eigenvalue weighted by Crippen LogP contribution is -1.89. The highest BCUT2D eigenvalue weighted by molar-refractivity contribution is 9.10. The fourth-order valence-corrected chi connectivity index (χ4v) is 2.13. The Kier molecular flexibility index (Phi) is 4.47. The Morgan fingerprint density at radius 3 is 2.75 bits per heavy atom. The Bertz CT molecular complexity index is 242. The van der Waals surface area contributed by atoms with Gasteiger partial charge in [0.15, 0.2) is 0 Å². The third kappa shape index (κ3) is 2.68. The first-order chi connectivity index (χ1) is 5.75. The normalized spacial score (nSPS) is 10.2. The molecule has 0 unspecified atom stereocenters. The second-order valence-electron chi connectivity index (χ2n) is 2.53. The number of hydrogen-bond donors (Lipinski definition) is 1. The predicted octanol–water partition coefficient (Wildman–Crippen LogP) is 3.96. The molecule has 0 bridgehead atoms. The summed E-state index contributed by atoms with van der Waals surface area (Å²) in [6.45, 7) is 0. The van der Waals surface area contributed by atoms with E-state index >= 15 is 0 Å². The van der Waals surface area contributed by atoms with Crippen LogP contribution in [-0.2, 0) is 6.42 Å². The van der Waals surface area contributed by atoms with Gasteiger partial charge in [0, 0.05) is 9.50 Å². The summed E-state index contributed by atoms with van der Waals surface area (Å²) >= 11 is 13.6. The van der Waals surface area contributed by atoms with Crippen molar-refractivity contribution >= 4 is 40.2 Å². The SMILES string of the molecule is SCCCc1c(Cl)cccc1Br. The van der Waals surface area contributed by atoms with E-state index in [9.17, 15) is 0 Å². The molecule has 1 aromatic rings. The average molecular weight is 266 g/mol. The second kappa shape index (κ2) is 5.15. The number of rotatable bonds is 3. The minimum Gasteiger partial charge on any atom is -0.179 e. The van der Waals surface area contributed by atoms with E-state index in [0.29, 0.717) is 0 Å². The van der Waals surface area contributed by atoms with Crippen molar-refractivity contribution < 1.29 is 0 Å². The van der Waals surface area contributed by atoms with Crippen molar-refractivity contribution in [3.63, 3.8) is 0 Å². The molecule has 0 aromatic heterocycles. The van der Waals surface area contributed by atoms with Gasteiger partial charge in [-0.3, -0.25) is 0 Å². The average Bonchev–Trinajstić information content (AvgIpc) is 2.04. The fraction of sp³-hybridized carbons (Fsp3) is 0.333. The summed E-state index contributed by atoms with van der Waals surface area (Å²) in [5.41, 5.74) is 1.19. The molecule has 0 atom stereocenters. The van der Waals surface area contributed by atoms with Gasteiger partial charge in [-0.05, 0) is 36.3 Å². The molecule has 0 heterocycles. The summed E-state index contributed by atoms with van der Waals surface area (Å²) in [7, 11) is 0. The lowest BCUT2D eigenvalue weighted by molar-refractivity contribution is 0.931. The van der Waals surface area contributed by atoms with Gasteiger partial charge < -0.3 is 0 Å². The van der Waals surface area contributed by atoms with E-state index in [1.165, 1.54) is 5.56 Å². The molecule has 0 amide bonds. The zero-order valence-corrected chi connectivity index (χ0v) is 9.79. The maximum atomic E-state index is 6.01. The molecule has 0 aliphatic heterocycles. The molecule has 0 saturated carbocycles. The molecule has 1 aromatic carbocycles. The van der Waals surface area contributed by atoms with Crippen LogP contribution in [0, 0.1) is 0 Å². The maximum absolute atomic E-state index is 6.01. The van der Waals surface area contributed by atoms with E-state index in [4.69, 9.17) is 11.6 Å². The van der Waals surface area contributed by atoms with Crippen molar-refractivity contribution in [1.82, 2.24) is 0 Å². The number of thiol groups is 1.